The Morgan fingerprint density at radius 3 is 2.46 bits per heavy atom. The van der Waals surface area contributed by atoms with Crippen molar-refractivity contribution in [1.82, 2.24) is 10.6 Å². The van der Waals surface area contributed by atoms with Crippen LogP contribution < -0.4 is 16.4 Å². The second-order valence-corrected chi connectivity index (χ2v) is 5.51. The van der Waals surface area contributed by atoms with Crippen LogP contribution in [0.3, 0.4) is 0 Å². The number of rotatable bonds is 10. The number of unbranched alkanes of at least 4 members (excludes halogenated alkanes) is 1. The van der Waals surface area contributed by atoms with E-state index in [1.54, 1.807) is 0 Å². The third-order valence-electron chi connectivity index (χ3n) is 3.53. The monoisotopic (exact) mass is 359 g/mol. The zero-order valence-corrected chi connectivity index (χ0v) is 14.8. The summed E-state index contributed by atoms with van der Waals surface area (Å²) in [6.45, 7) is 2.93. The molecule has 1 aromatic carbocycles. The van der Waals surface area contributed by atoms with Crippen LogP contribution in [0, 0.1) is 5.82 Å². The zero-order chi connectivity index (χ0) is 17.1. The summed E-state index contributed by atoms with van der Waals surface area (Å²) < 4.78 is 12.8. The van der Waals surface area contributed by atoms with Gasteiger partial charge in [0.15, 0.2) is 0 Å². The second kappa shape index (κ2) is 12.7. The maximum Gasteiger partial charge on any atom is 0.251 e. The largest absolute Gasteiger partial charge is 0.352 e. The van der Waals surface area contributed by atoms with Gasteiger partial charge in [0.05, 0.1) is 0 Å². The summed E-state index contributed by atoms with van der Waals surface area (Å²) >= 11 is 0. The molecular formula is C17H27ClFN3O2. The van der Waals surface area contributed by atoms with Gasteiger partial charge < -0.3 is 16.4 Å². The van der Waals surface area contributed by atoms with E-state index in [2.05, 4.69) is 17.6 Å². The molecule has 0 aliphatic carbocycles. The van der Waals surface area contributed by atoms with Crippen LogP contribution in [0.1, 0.15) is 49.4 Å². The molecule has 24 heavy (non-hydrogen) atoms. The SMILES string of the molecule is CCCCC(CN)NC(=O)CCCNC(=O)c1ccc(F)cc1.Cl. The lowest BCUT2D eigenvalue weighted by atomic mass is 10.1. The molecule has 0 saturated carbocycles. The number of carbonyl (C=O) groups excluding carboxylic acids is 2. The number of nitrogens with one attached hydrogen (secondary N) is 2. The van der Waals surface area contributed by atoms with Crippen molar-refractivity contribution in [3.63, 3.8) is 0 Å². The summed E-state index contributed by atoms with van der Waals surface area (Å²) in [5.41, 5.74) is 6.03. The minimum atomic E-state index is -0.379. The first-order chi connectivity index (χ1) is 11.1. The molecule has 0 spiro atoms. The van der Waals surface area contributed by atoms with Crippen molar-refractivity contribution in [3.05, 3.63) is 35.6 Å². The zero-order valence-electron chi connectivity index (χ0n) is 14.0. The Morgan fingerprint density at radius 2 is 1.88 bits per heavy atom. The third-order valence-corrected chi connectivity index (χ3v) is 3.53. The van der Waals surface area contributed by atoms with Crippen LogP contribution in [0.2, 0.25) is 0 Å². The lowest BCUT2D eigenvalue weighted by molar-refractivity contribution is -0.121. The molecule has 1 unspecified atom stereocenters. The maximum absolute atomic E-state index is 12.8. The predicted octanol–water partition coefficient (Wildman–Crippen LogP) is 2.39. The van der Waals surface area contributed by atoms with Crippen molar-refractivity contribution >= 4 is 24.2 Å². The van der Waals surface area contributed by atoms with Gasteiger partial charge in [-0.05, 0) is 37.1 Å². The van der Waals surface area contributed by atoms with Crippen molar-refractivity contribution in [1.29, 1.82) is 0 Å². The first kappa shape index (κ1) is 22.3. The molecule has 0 radical (unpaired) electrons. The van der Waals surface area contributed by atoms with E-state index in [0.29, 0.717) is 31.5 Å². The minimum Gasteiger partial charge on any atom is -0.352 e. The van der Waals surface area contributed by atoms with Gasteiger partial charge in [0.1, 0.15) is 5.82 Å². The van der Waals surface area contributed by atoms with Crippen LogP contribution in [-0.2, 0) is 4.79 Å². The lowest BCUT2D eigenvalue weighted by Crippen LogP contribution is -2.40. The highest BCUT2D eigenvalue weighted by molar-refractivity contribution is 5.94. The van der Waals surface area contributed by atoms with E-state index < -0.39 is 0 Å². The van der Waals surface area contributed by atoms with Gasteiger partial charge in [0.2, 0.25) is 5.91 Å². The van der Waals surface area contributed by atoms with Gasteiger partial charge in [0.25, 0.3) is 5.91 Å². The normalized spacial score (nSPS) is 11.3. The smallest absolute Gasteiger partial charge is 0.251 e. The van der Waals surface area contributed by atoms with Gasteiger partial charge in [-0.15, -0.1) is 12.4 Å². The molecule has 7 heteroatoms. The van der Waals surface area contributed by atoms with Crippen molar-refractivity contribution in [2.75, 3.05) is 13.1 Å². The van der Waals surface area contributed by atoms with Crippen LogP contribution in [0.4, 0.5) is 4.39 Å². The Bertz CT molecular complexity index is 497. The van der Waals surface area contributed by atoms with E-state index in [1.807, 2.05) is 0 Å². The van der Waals surface area contributed by atoms with Crippen LogP contribution in [-0.4, -0.2) is 30.9 Å². The number of benzene rings is 1. The van der Waals surface area contributed by atoms with E-state index in [-0.39, 0.29) is 36.1 Å². The van der Waals surface area contributed by atoms with Crippen molar-refractivity contribution in [2.45, 2.75) is 45.1 Å². The topological polar surface area (TPSA) is 84.2 Å². The Balaban J connectivity index is 0.00000529. The Hall–Kier alpha value is -1.66. The molecule has 1 rings (SSSR count). The average Bonchev–Trinajstić information content (AvgIpc) is 2.55. The minimum absolute atomic E-state index is 0. The fourth-order valence-corrected chi connectivity index (χ4v) is 2.15. The number of halogens is 2. The number of hydrogen-bond donors (Lipinski definition) is 3. The van der Waals surface area contributed by atoms with Gasteiger partial charge >= 0.3 is 0 Å². The molecular weight excluding hydrogens is 333 g/mol. The molecule has 0 bridgehead atoms. The first-order valence-electron chi connectivity index (χ1n) is 8.10. The number of amides is 2. The molecule has 0 aliphatic rings. The molecule has 0 saturated heterocycles. The van der Waals surface area contributed by atoms with E-state index in [1.165, 1.54) is 24.3 Å². The average molecular weight is 360 g/mol. The molecule has 5 nitrogen and oxygen atoms in total. The number of hydrogen-bond acceptors (Lipinski definition) is 3. The Labute approximate surface area is 149 Å². The van der Waals surface area contributed by atoms with Gasteiger partial charge in [-0.2, -0.15) is 0 Å². The van der Waals surface area contributed by atoms with E-state index in [4.69, 9.17) is 5.73 Å². The molecule has 0 heterocycles. The van der Waals surface area contributed by atoms with Crippen molar-refractivity contribution < 1.29 is 14.0 Å². The molecule has 4 N–H and O–H groups in total. The summed E-state index contributed by atoms with van der Waals surface area (Å²) in [5.74, 6) is -0.698. The van der Waals surface area contributed by atoms with Gasteiger partial charge in [-0.3, -0.25) is 9.59 Å². The molecule has 2 amide bonds. The molecule has 0 fully saturated rings. The quantitative estimate of drug-likeness (QED) is 0.561. The third kappa shape index (κ3) is 8.84. The predicted molar refractivity (Wildman–Crippen MR) is 95.7 cm³/mol. The summed E-state index contributed by atoms with van der Waals surface area (Å²) in [7, 11) is 0. The highest BCUT2D eigenvalue weighted by atomic mass is 35.5. The summed E-state index contributed by atoms with van der Waals surface area (Å²) in [4.78, 5) is 23.6. The number of nitrogens with two attached hydrogens (primary N) is 1. The summed E-state index contributed by atoms with van der Waals surface area (Å²) in [6.07, 6.45) is 3.88. The highest BCUT2D eigenvalue weighted by Gasteiger charge is 2.10. The summed E-state index contributed by atoms with van der Waals surface area (Å²) in [6, 6.07) is 5.36. The van der Waals surface area contributed by atoms with Crippen LogP contribution in [0.15, 0.2) is 24.3 Å². The molecule has 0 aliphatic heterocycles. The highest BCUT2D eigenvalue weighted by Crippen LogP contribution is 2.03. The molecule has 0 aromatic heterocycles. The van der Waals surface area contributed by atoms with Crippen LogP contribution in [0.25, 0.3) is 0 Å². The van der Waals surface area contributed by atoms with Crippen molar-refractivity contribution in [3.8, 4) is 0 Å². The van der Waals surface area contributed by atoms with Crippen LogP contribution in [0.5, 0.6) is 0 Å². The maximum atomic E-state index is 12.8. The lowest BCUT2D eigenvalue weighted by Gasteiger charge is -2.16. The van der Waals surface area contributed by atoms with Gasteiger partial charge in [-0.1, -0.05) is 19.8 Å². The fraction of sp³-hybridized carbons (Fsp3) is 0.529. The second-order valence-electron chi connectivity index (χ2n) is 5.51. The van der Waals surface area contributed by atoms with Gasteiger partial charge in [0, 0.05) is 31.1 Å². The van der Waals surface area contributed by atoms with Crippen molar-refractivity contribution in [2.24, 2.45) is 5.73 Å². The number of carbonyl (C=O) groups is 2. The first-order valence-corrected chi connectivity index (χ1v) is 8.10. The fourth-order valence-electron chi connectivity index (χ4n) is 2.15. The molecule has 1 aromatic rings. The summed E-state index contributed by atoms with van der Waals surface area (Å²) in [5, 5.41) is 5.62. The van der Waals surface area contributed by atoms with E-state index >= 15 is 0 Å². The van der Waals surface area contributed by atoms with Crippen LogP contribution >= 0.6 is 12.4 Å². The van der Waals surface area contributed by atoms with Gasteiger partial charge in [-0.25, -0.2) is 4.39 Å². The Morgan fingerprint density at radius 1 is 1.21 bits per heavy atom. The Kier molecular flexibility index (Phi) is 11.8. The van der Waals surface area contributed by atoms with E-state index in [9.17, 15) is 14.0 Å². The van der Waals surface area contributed by atoms with E-state index in [0.717, 1.165) is 19.3 Å². The molecule has 1 atom stereocenters. The molecule has 136 valence electrons. The standard InChI is InChI=1S/C17H26FN3O2.ClH/c1-2-3-5-15(12-19)21-16(22)6-4-11-20-17(23)13-7-9-14(18)10-8-13;/h7-10,15H,2-6,11-12,19H2,1H3,(H,20,23)(H,21,22);1H.